The van der Waals surface area contributed by atoms with E-state index in [1.807, 2.05) is 0 Å². The summed E-state index contributed by atoms with van der Waals surface area (Å²) in [7, 11) is -4.53. The van der Waals surface area contributed by atoms with Crippen molar-refractivity contribution in [2.45, 2.75) is 89.0 Å². The molecule has 0 aliphatic carbocycles. The van der Waals surface area contributed by atoms with Gasteiger partial charge in [-0.3, -0.25) is 4.52 Å². The van der Waals surface area contributed by atoms with Crippen LogP contribution in [0, 0.1) is 0 Å². The Balaban J connectivity index is 0. The van der Waals surface area contributed by atoms with Gasteiger partial charge in [0.25, 0.3) is 0 Å². The Morgan fingerprint density at radius 1 is 0.957 bits per heavy atom. The molecule has 0 aliphatic heterocycles. The summed E-state index contributed by atoms with van der Waals surface area (Å²) < 4.78 is 14.8. The van der Waals surface area contributed by atoms with E-state index in [-0.39, 0.29) is 29.6 Å². The van der Waals surface area contributed by atoms with Crippen LogP contribution in [0.2, 0.25) is 0 Å². The van der Waals surface area contributed by atoms with Crippen LogP contribution in [0.3, 0.4) is 0 Å². The number of halogens is 1. The van der Waals surface area contributed by atoms with Gasteiger partial charge in [-0.25, -0.2) is 4.57 Å². The van der Waals surface area contributed by atoms with Crippen LogP contribution in [-0.2, 0) is 9.09 Å². The van der Waals surface area contributed by atoms with Crippen LogP contribution in [-0.4, -0.2) is 62.5 Å². The molecular formula is C15H33ClNaO5P. The normalized spacial score (nSPS) is 14.3. The van der Waals surface area contributed by atoms with Crippen molar-refractivity contribution in [3.05, 3.63) is 0 Å². The Morgan fingerprint density at radius 3 is 1.83 bits per heavy atom. The van der Waals surface area contributed by atoms with Crippen molar-refractivity contribution in [2.75, 3.05) is 6.61 Å². The molecule has 0 fully saturated rings. The zero-order valence-corrected chi connectivity index (χ0v) is 15.3. The van der Waals surface area contributed by atoms with Crippen molar-refractivity contribution in [1.29, 1.82) is 0 Å². The van der Waals surface area contributed by atoms with Gasteiger partial charge in [-0.15, -0.1) is 11.6 Å². The molecule has 0 saturated heterocycles. The Labute approximate surface area is 168 Å². The molecule has 0 aromatic carbocycles. The fourth-order valence-electron chi connectivity index (χ4n) is 2.30. The zero-order valence-electron chi connectivity index (χ0n) is 13.6. The fraction of sp³-hybridized carbons (Fsp3) is 1.00. The molecule has 0 aromatic rings. The van der Waals surface area contributed by atoms with Gasteiger partial charge in [-0.2, -0.15) is 0 Å². The first-order chi connectivity index (χ1) is 10.4. The maximum atomic E-state index is 10.5. The molecule has 2 atom stereocenters. The van der Waals surface area contributed by atoms with Crippen molar-refractivity contribution in [3.63, 3.8) is 0 Å². The molecule has 136 valence electrons. The Bertz CT molecular complexity index is 304. The molecule has 0 heterocycles. The van der Waals surface area contributed by atoms with Gasteiger partial charge in [0.2, 0.25) is 0 Å². The van der Waals surface area contributed by atoms with E-state index in [0.29, 0.717) is 6.42 Å². The van der Waals surface area contributed by atoms with E-state index in [2.05, 4.69) is 11.4 Å². The molecule has 0 radical (unpaired) electrons. The van der Waals surface area contributed by atoms with E-state index >= 15 is 0 Å². The molecular weight excluding hydrogens is 350 g/mol. The molecule has 5 nitrogen and oxygen atoms in total. The van der Waals surface area contributed by atoms with Gasteiger partial charge < -0.3 is 14.9 Å². The van der Waals surface area contributed by atoms with Crippen LogP contribution in [0.15, 0.2) is 0 Å². The van der Waals surface area contributed by atoms with E-state index in [0.717, 1.165) is 12.8 Å². The second-order valence-corrected chi connectivity index (χ2v) is 7.64. The first-order valence-corrected chi connectivity index (χ1v) is 10.4. The van der Waals surface area contributed by atoms with Crippen molar-refractivity contribution >= 4 is 49.0 Å². The molecule has 8 heteroatoms. The average Bonchev–Trinajstić information content (AvgIpc) is 2.45. The Hall–Kier alpha value is 1.36. The molecule has 0 bridgehead atoms. The SMILES string of the molecule is CCCCCCCCCCCCC(Cl)C(O)COP(=O)(O)O.[NaH]. The van der Waals surface area contributed by atoms with Gasteiger partial charge in [0, 0.05) is 0 Å². The topological polar surface area (TPSA) is 87.0 Å². The van der Waals surface area contributed by atoms with E-state index in [4.69, 9.17) is 21.4 Å². The number of aliphatic hydroxyl groups excluding tert-OH is 1. The standard InChI is InChI=1S/C15H32ClO5P.Na.H/c1-2-3-4-5-6-7-8-9-10-11-12-14(16)15(17)13-21-22(18,19)20;;/h14-15,17H,2-13H2,1H3,(H2,18,19,20);;. The molecule has 0 saturated carbocycles. The molecule has 0 rings (SSSR count). The zero-order chi connectivity index (χ0) is 16.8. The number of rotatable bonds is 15. The Kier molecular flexibility index (Phi) is 19.4. The first kappa shape index (κ1) is 26.6. The van der Waals surface area contributed by atoms with Gasteiger partial charge in [0.05, 0.1) is 18.1 Å². The third kappa shape index (κ3) is 19.5. The van der Waals surface area contributed by atoms with Gasteiger partial charge in [-0.05, 0) is 6.42 Å². The van der Waals surface area contributed by atoms with Crippen LogP contribution in [0.5, 0.6) is 0 Å². The summed E-state index contributed by atoms with van der Waals surface area (Å²) in [6, 6.07) is 0. The number of alkyl halides is 1. The third-order valence-corrected chi connectivity index (χ3v) is 4.66. The fourth-order valence-corrected chi connectivity index (χ4v) is 2.87. The number of phosphoric ester groups is 1. The molecule has 3 N–H and O–H groups in total. The number of unbranched alkanes of at least 4 members (excludes halogenated alkanes) is 9. The number of hydrogen-bond acceptors (Lipinski definition) is 3. The van der Waals surface area contributed by atoms with Crippen LogP contribution in [0.25, 0.3) is 0 Å². The van der Waals surface area contributed by atoms with Crippen molar-refractivity contribution < 1.29 is 24.0 Å². The summed E-state index contributed by atoms with van der Waals surface area (Å²) in [6.07, 6.45) is 11.9. The summed E-state index contributed by atoms with van der Waals surface area (Å²) >= 11 is 5.99. The van der Waals surface area contributed by atoms with E-state index in [9.17, 15) is 9.67 Å². The number of aliphatic hydroxyl groups is 1. The van der Waals surface area contributed by atoms with Crippen LogP contribution >= 0.6 is 19.4 Å². The Morgan fingerprint density at radius 2 is 1.39 bits per heavy atom. The van der Waals surface area contributed by atoms with Gasteiger partial charge in [-0.1, -0.05) is 71.1 Å². The first-order valence-electron chi connectivity index (χ1n) is 8.39. The second-order valence-electron chi connectivity index (χ2n) is 5.84. The molecule has 0 spiro atoms. The molecule has 0 aliphatic rings. The van der Waals surface area contributed by atoms with E-state index in [1.165, 1.54) is 51.4 Å². The monoisotopic (exact) mass is 382 g/mol. The maximum absolute atomic E-state index is 10.5. The second kappa shape index (κ2) is 16.8. The number of phosphoric acid groups is 1. The molecule has 2 unspecified atom stereocenters. The van der Waals surface area contributed by atoms with Gasteiger partial charge in [0.15, 0.2) is 0 Å². The quantitative estimate of drug-likeness (QED) is 0.174. The number of hydrogen-bond donors (Lipinski definition) is 3. The van der Waals surface area contributed by atoms with Crippen molar-refractivity contribution in [3.8, 4) is 0 Å². The van der Waals surface area contributed by atoms with E-state index in [1.54, 1.807) is 0 Å². The third-order valence-electron chi connectivity index (χ3n) is 3.66. The molecule has 0 aromatic heterocycles. The molecule has 23 heavy (non-hydrogen) atoms. The van der Waals surface area contributed by atoms with Gasteiger partial charge >= 0.3 is 37.4 Å². The summed E-state index contributed by atoms with van der Waals surface area (Å²) in [5.41, 5.74) is 0. The average molecular weight is 383 g/mol. The van der Waals surface area contributed by atoms with E-state index < -0.39 is 25.9 Å². The van der Waals surface area contributed by atoms with Crippen molar-refractivity contribution in [2.24, 2.45) is 0 Å². The summed E-state index contributed by atoms with van der Waals surface area (Å²) in [6.45, 7) is 1.79. The summed E-state index contributed by atoms with van der Waals surface area (Å²) in [5, 5.41) is 9.10. The summed E-state index contributed by atoms with van der Waals surface area (Å²) in [5.74, 6) is 0. The van der Waals surface area contributed by atoms with Crippen LogP contribution < -0.4 is 0 Å². The predicted octanol–water partition coefficient (Wildman–Crippen LogP) is 3.73. The summed E-state index contributed by atoms with van der Waals surface area (Å²) in [4.78, 5) is 17.1. The minimum atomic E-state index is -4.53. The molecule has 0 amide bonds. The van der Waals surface area contributed by atoms with Crippen molar-refractivity contribution in [1.82, 2.24) is 0 Å². The van der Waals surface area contributed by atoms with Gasteiger partial charge in [0.1, 0.15) is 0 Å². The van der Waals surface area contributed by atoms with Crippen LogP contribution in [0.4, 0.5) is 0 Å². The predicted molar refractivity (Wildman–Crippen MR) is 97.3 cm³/mol. The van der Waals surface area contributed by atoms with Crippen LogP contribution in [0.1, 0.15) is 77.6 Å². The minimum absolute atomic E-state index is 0.